The van der Waals surface area contributed by atoms with Gasteiger partial charge in [0.25, 0.3) is 0 Å². The van der Waals surface area contributed by atoms with Gasteiger partial charge in [-0.1, -0.05) is 6.58 Å². The maximum Gasteiger partial charge on any atom is 0.117 e. The second-order valence-electron chi connectivity index (χ2n) is 3.54. The topological polar surface area (TPSA) is 37.2 Å². The smallest absolute Gasteiger partial charge is 0.117 e. The first-order valence-corrected chi connectivity index (χ1v) is 5.00. The number of hydrogen-bond acceptors (Lipinski definition) is 2. The summed E-state index contributed by atoms with van der Waals surface area (Å²) in [5, 5.41) is 0. The predicted octanol–water partition coefficient (Wildman–Crippen LogP) is 1.93. The molecule has 0 N–H and O–H groups in total. The van der Waals surface area contributed by atoms with E-state index >= 15 is 0 Å². The number of rotatable bonds is 7. The van der Waals surface area contributed by atoms with E-state index in [1.165, 1.54) is 6.34 Å². The van der Waals surface area contributed by atoms with E-state index in [1.807, 2.05) is 18.9 Å². The number of allylic oxidation sites excluding steroid dienone is 1. The molecule has 0 saturated heterocycles. The minimum absolute atomic E-state index is 0.409. The van der Waals surface area contributed by atoms with E-state index in [0.717, 1.165) is 18.7 Å². The lowest BCUT2D eigenvalue weighted by molar-refractivity contribution is 0.174. The molecule has 0 aliphatic carbocycles. The van der Waals surface area contributed by atoms with Crippen molar-refractivity contribution in [1.82, 2.24) is 4.90 Å². The zero-order valence-electron chi connectivity index (χ0n) is 10.1. The van der Waals surface area contributed by atoms with Gasteiger partial charge >= 0.3 is 0 Å². The van der Waals surface area contributed by atoms with Gasteiger partial charge in [0.15, 0.2) is 0 Å². The summed E-state index contributed by atoms with van der Waals surface area (Å²) in [4.78, 5) is 10.0. The van der Waals surface area contributed by atoms with Crippen LogP contribution in [0.5, 0.6) is 0 Å². The van der Waals surface area contributed by atoms with Crippen LogP contribution in [-0.2, 0) is 4.74 Å². The van der Waals surface area contributed by atoms with Crippen molar-refractivity contribution in [1.29, 1.82) is 0 Å². The maximum absolute atomic E-state index is 5.01. The quantitative estimate of drug-likeness (QED) is 0.476. The molecule has 15 heavy (non-hydrogen) atoms. The van der Waals surface area contributed by atoms with Crippen LogP contribution in [0.4, 0.5) is 0 Å². The largest absolute Gasteiger partial charge is 0.385 e. The zero-order chi connectivity index (χ0) is 11.7. The number of methoxy groups -OCH3 is 1. The summed E-state index contributed by atoms with van der Waals surface area (Å²) in [6.07, 6.45) is 4.24. The molecule has 0 aliphatic heterocycles. The molecular formula is C11H21N3O. The highest BCUT2D eigenvalue weighted by Crippen LogP contribution is 1.98. The van der Waals surface area contributed by atoms with E-state index in [9.17, 15) is 0 Å². The van der Waals surface area contributed by atoms with Crippen molar-refractivity contribution >= 4 is 12.7 Å². The average molecular weight is 211 g/mol. The predicted molar refractivity (Wildman–Crippen MR) is 65.5 cm³/mol. The fourth-order valence-electron chi connectivity index (χ4n) is 0.873. The fraction of sp³-hybridized carbons (Fsp3) is 0.636. The Hall–Kier alpha value is -1.16. The van der Waals surface area contributed by atoms with E-state index < -0.39 is 0 Å². The number of ether oxygens (including phenoxy) is 1. The molecule has 1 unspecified atom stereocenters. The first-order valence-electron chi connectivity index (χ1n) is 5.00. The molecule has 0 aliphatic rings. The molecule has 0 spiro atoms. The molecule has 4 nitrogen and oxygen atoms in total. The van der Waals surface area contributed by atoms with Gasteiger partial charge in [0.2, 0.25) is 0 Å². The third kappa shape index (κ3) is 7.88. The first-order chi connectivity index (χ1) is 7.07. The lowest BCUT2D eigenvalue weighted by Crippen LogP contribution is -2.28. The van der Waals surface area contributed by atoms with Gasteiger partial charge in [-0.2, -0.15) is 0 Å². The zero-order valence-corrected chi connectivity index (χ0v) is 10.1. The number of nitrogens with zero attached hydrogens (tertiary/aromatic N) is 3. The second-order valence-corrected chi connectivity index (χ2v) is 3.54. The van der Waals surface area contributed by atoms with E-state index in [0.29, 0.717) is 6.04 Å². The summed E-state index contributed by atoms with van der Waals surface area (Å²) < 4.78 is 5.01. The summed E-state index contributed by atoms with van der Waals surface area (Å²) in [6.45, 7) is 8.36. The summed E-state index contributed by atoms with van der Waals surface area (Å²) in [7, 11) is 3.69. The van der Waals surface area contributed by atoms with Gasteiger partial charge in [-0.25, -0.2) is 9.98 Å². The molecule has 0 heterocycles. The molecule has 0 aromatic heterocycles. The second kappa shape index (κ2) is 8.17. The van der Waals surface area contributed by atoms with Crippen molar-refractivity contribution in [3.63, 3.8) is 0 Å². The Morgan fingerprint density at radius 2 is 2.27 bits per heavy atom. The third-order valence-corrected chi connectivity index (χ3v) is 2.03. The molecule has 0 fully saturated rings. The Morgan fingerprint density at radius 1 is 1.60 bits per heavy atom. The molecule has 0 aromatic carbocycles. The highest BCUT2D eigenvalue weighted by atomic mass is 16.5. The summed E-state index contributed by atoms with van der Waals surface area (Å²) >= 11 is 0. The molecule has 1 atom stereocenters. The molecule has 0 radical (unpaired) electrons. The van der Waals surface area contributed by atoms with Gasteiger partial charge in [-0.05, 0) is 20.3 Å². The van der Waals surface area contributed by atoms with Crippen molar-refractivity contribution in [3.05, 3.63) is 12.3 Å². The van der Waals surface area contributed by atoms with Crippen molar-refractivity contribution < 1.29 is 4.74 Å². The Bertz CT molecular complexity index is 236. The van der Waals surface area contributed by atoms with Crippen LogP contribution in [-0.4, -0.2) is 44.4 Å². The van der Waals surface area contributed by atoms with E-state index in [1.54, 1.807) is 13.4 Å². The van der Waals surface area contributed by atoms with Gasteiger partial charge in [0, 0.05) is 32.5 Å². The first kappa shape index (κ1) is 13.8. The molecule has 86 valence electrons. The van der Waals surface area contributed by atoms with Gasteiger partial charge < -0.3 is 9.64 Å². The summed E-state index contributed by atoms with van der Waals surface area (Å²) in [6, 6.07) is 0.409. The Morgan fingerprint density at radius 3 is 2.80 bits per heavy atom. The molecular weight excluding hydrogens is 190 g/mol. The van der Waals surface area contributed by atoms with Crippen molar-refractivity contribution in [2.24, 2.45) is 9.98 Å². The minimum atomic E-state index is 0.409. The van der Waals surface area contributed by atoms with Crippen LogP contribution in [0.2, 0.25) is 0 Å². The average Bonchev–Trinajstić information content (AvgIpc) is 2.20. The normalized spacial score (nSPS) is 13.6. The van der Waals surface area contributed by atoms with Crippen LogP contribution in [0.3, 0.4) is 0 Å². The lowest BCUT2D eigenvalue weighted by atomic mass is 10.2. The standard InChI is InChI=1S/C11H21N3O/c1-10(2)13-8-12-9-14(4)11(3)6-7-15-5/h8-9,11H,1,6-7H2,2-5H3. The van der Waals surface area contributed by atoms with Gasteiger partial charge in [0.05, 0.1) is 6.34 Å². The summed E-state index contributed by atoms with van der Waals surface area (Å²) in [5.41, 5.74) is 0.752. The third-order valence-electron chi connectivity index (χ3n) is 2.03. The Kier molecular flexibility index (Phi) is 7.54. The van der Waals surface area contributed by atoms with Crippen molar-refractivity contribution in [2.45, 2.75) is 26.3 Å². The van der Waals surface area contributed by atoms with E-state index in [-0.39, 0.29) is 0 Å². The van der Waals surface area contributed by atoms with Crippen LogP contribution < -0.4 is 0 Å². The molecule has 4 heteroatoms. The number of hydrogen-bond donors (Lipinski definition) is 0. The van der Waals surface area contributed by atoms with Gasteiger partial charge in [0.1, 0.15) is 6.34 Å². The van der Waals surface area contributed by atoms with Crippen LogP contribution in [0.15, 0.2) is 22.3 Å². The molecule has 0 rings (SSSR count). The van der Waals surface area contributed by atoms with Crippen molar-refractivity contribution in [3.8, 4) is 0 Å². The molecule has 0 saturated carbocycles. The van der Waals surface area contributed by atoms with Crippen LogP contribution in [0, 0.1) is 0 Å². The minimum Gasteiger partial charge on any atom is -0.385 e. The highest BCUT2D eigenvalue weighted by Gasteiger charge is 2.04. The van der Waals surface area contributed by atoms with E-state index in [2.05, 4.69) is 23.5 Å². The molecule has 0 bridgehead atoms. The lowest BCUT2D eigenvalue weighted by Gasteiger charge is -2.21. The van der Waals surface area contributed by atoms with Crippen LogP contribution >= 0.6 is 0 Å². The van der Waals surface area contributed by atoms with Crippen LogP contribution in [0.25, 0.3) is 0 Å². The Labute approximate surface area is 92.4 Å². The SMILES string of the molecule is C=C(C)N=CN=CN(C)C(C)CCOC. The fourth-order valence-corrected chi connectivity index (χ4v) is 0.873. The molecule has 0 amide bonds. The maximum atomic E-state index is 5.01. The monoisotopic (exact) mass is 211 g/mol. The molecule has 0 aromatic rings. The van der Waals surface area contributed by atoms with Crippen LogP contribution in [0.1, 0.15) is 20.3 Å². The number of aliphatic imine (C=N–C) groups is 2. The summed E-state index contributed by atoms with van der Waals surface area (Å²) in [5.74, 6) is 0. The van der Waals surface area contributed by atoms with Gasteiger partial charge in [-0.3, -0.25) is 0 Å². The van der Waals surface area contributed by atoms with Crippen molar-refractivity contribution in [2.75, 3.05) is 20.8 Å². The highest BCUT2D eigenvalue weighted by molar-refractivity contribution is 5.71. The van der Waals surface area contributed by atoms with E-state index in [4.69, 9.17) is 4.74 Å². The van der Waals surface area contributed by atoms with Gasteiger partial charge in [-0.15, -0.1) is 0 Å². The Balaban J connectivity index is 3.89.